The summed E-state index contributed by atoms with van der Waals surface area (Å²) < 4.78 is 10.7. The third kappa shape index (κ3) is 1.50. The molecule has 2 atom stereocenters. The Morgan fingerprint density at radius 1 is 1.60 bits per heavy atom. The average molecular weight is 205 g/mol. The number of rotatable bonds is 2. The monoisotopic (exact) mass is 205 g/mol. The highest BCUT2D eigenvalue weighted by Gasteiger charge is 2.54. The minimum Gasteiger partial charge on any atom is -0.351 e. The number of hydrogen-bond acceptors (Lipinski definition) is 4. The fraction of sp³-hybridized carbons (Fsp3) is 0.455. The third-order valence-corrected chi connectivity index (χ3v) is 2.56. The molecule has 2 rings (SSSR count). The second-order valence-electron chi connectivity index (χ2n) is 3.47. The van der Waals surface area contributed by atoms with Crippen LogP contribution in [0.15, 0.2) is 24.3 Å². The summed E-state index contributed by atoms with van der Waals surface area (Å²) in [6.45, 7) is 2.35. The van der Waals surface area contributed by atoms with Crippen molar-refractivity contribution >= 4 is 5.78 Å². The van der Waals surface area contributed by atoms with Crippen LogP contribution >= 0.6 is 0 Å². The van der Waals surface area contributed by atoms with E-state index in [4.69, 9.17) is 14.7 Å². The van der Waals surface area contributed by atoms with Gasteiger partial charge in [-0.3, -0.25) is 4.79 Å². The molecule has 1 saturated heterocycles. The van der Waals surface area contributed by atoms with Gasteiger partial charge in [-0.1, -0.05) is 0 Å². The van der Waals surface area contributed by atoms with E-state index in [0.717, 1.165) is 0 Å². The number of nitriles is 1. The zero-order valence-electron chi connectivity index (χ0n) is 8.34. The first-order chi connectivity index (χ1) is 7.22. The van der Waals surface area contributed by atoms with Crippen molar-refractivity contribution < 1.29 is 14.3 Å². The second kappa shape index (κ2) is 3.61. The molecule has 1 fully saturated rings. The zero-order chi connectivity index (χ0) is 10.9. The van der Waals surface area contributed by atoms with E-state index < -0.39 is 11.9 Å². The molecule has 0 N–H and O–H groups in total. The van der Waals surface area contributed by atoms with Crippen molar-refractivity contribution in [3.05, 3.63) is 24.3 Å². The Morgan fingerprint density at radius 2 is 2.27 bits per heavy atom. The van der Waals surface area contributed by atoms with Gasteiger partial charge in [-0.2, -0.15) is 5.26 Å². The van der Waals surface area contributed by atoms with Gasteiger partial charge in [0.05, 0.1) is 6.07 Å². The molecule has 15 heavy (non-hydrogen) atoms. The summed E-state index contributed by atoms with van der Waals surface area (Å²) in [6.07, 6.45) is 5.61. The van der Waals surface area contributed by atoms with Crippen LogP contribution in [0.1, 0.15) is 6.92 Å². The summed E-state index contributed by atoms with van der Waals surface area (Å²) in [7, 11) is 0. The molecule has 1 spiro atoms. The summed E-state index contributed by atoms with van der Waals surface area (Å²) in [5.74, 6) is -0.459. The maximum atomic E-state index is 10.9. The van der Waals surface area contributed by atoms with Crippen molar-refractivity contribution in [2.24, 2.45) is 5.92 Å². The minimum atomic E-state index is -0.748. The lowest BCUT2D eigenvalue weighted by molar-refractivity contribution is -0.300. The summed E-state index contributed by atoms with van der Waals surface area (Å²) >= 11 is 0. The van der Waals surface area contributed by atoms with Crippen molar-refractivity contribution in [1.82, 2.24) is 0 Å². The van der Waals surface area contributed by atoms with Crippen molar-refractivity contribution in [1.29, 1.82) is 5.26 Å². The van der Waals surface area contributed by atoms with E-state index in [1.807, 2.05) is 6.92 Å². The quantitative estimate of drug-likeness (QED) is 0.673. The van der Waals surface area contributed by atoms with Gasteiger partial charge in [0.15, 0.2) is 12.1 Å². The van der Waals surface area contributed by atoms with Gasteiger partial charge in [-0.25, -0.2) is 0 Å². The highest BCUT2D eigenvalue weighted by molar-refractivity contribution is 6.00. The molecule has 0 aromatic carbocycles. The lowest BCUT2D eigenvalue weighted by atomic mass is 9.79. The molecule has 0 amide bonds. The first-order valence-electron chi connectivity index (χ1n) is 4.83. The topological polar surface area (TPSA) is 59.3 Å². The molecule has 4 heteroatoms. The Labute approximate surface area is 87.8 Å². The summed E-state index contributed by atoms with van der Waals surface area (Å²) in [6, 6.07) is 2.15. The third-order valence-electron chi connectivity index (χ3n) is 2.56. The molecular weight excluding hydrogens is 194 g/mol. The van der Waals surface area contributed by atoms with Crippen LogP contribution in [0.3, 0.4) is 0 Å². The Bertz CT molecular complexity index is 362. The van der Waals surface area contributed by atoms with Crippen molar-refractivity contribution in [3.8, 4) is 6.07 Å². The van der Waals surface area contributed by atoms with Crippen molar-refractivity contribution in [3.63, 3.8) is 0 Å². The van der Waals surface area contributed by atoms with E-state index in [2.05, 4.69) is 6.07 Å². The lowest BCUT2D eigenvalue weighted by Crippen LogP contribution is -2.58. The summed E-state index contributed by atoms with van der Waals surface area (Å²) in [4.78, 5) is 10.9. The molecule has 78 valence electrons. The number of allylic oxidation sites excluding steroid dienone is 2. The highest BCUT2D eigenvalue weighted by atomic mass is 16.7. The Hall–Kier alpha value is -1.44. The molecule has 0 unspecified atom stereocenters. The summed E-state index contributed by atoms with van der Waals surface area (Å²) in [5.41, 5.74) is -0.748. The average Bonchev–Trinajstić information content (AvgIpc) is 2.21. The fourth-order valence-corrected chi connectivity index (χ4v) is 1.76. The minimum absolute atomic E-state index is 0.0826. The largest absolute Gasteiger partial charge is 0.351 e. The van der Waals surface area contributed by atoms with Gasteiger partial charge in [0.25, 0.3) is 0 Å². The molecule has 0 radical (unpaired) electrons. The first kappa shape index (κ1) is 10.1. The molecule has 0 bridgehead atoms. The normalized spacial score (nSPS) is 31.3. The number of carbonyl (C=O) groups is 1. The Morgan fingerprint density at radius 3 is 2.80 bits per heavy atom. The zero-order valence-corrected chi connectivity index (χ0v) is 8.34. The van der Waals surface area contributed by atoms with Gasteiger partial charge in [0.2, 0.25) is 0 Å². The molecule has 0 aromatic rings. The molecule has 1 aliphatic carbocycles. The fourth-order valence-electron chi connectivity index (χ4n) is 1.76. The van der Waals surface area contributed by atoms with Crippen molar-refractivity contribution in [2.75, 3.05) is 6.61 Å². The van der Waals surface area contributed by atoms with E-state index in [-0.39, 0.29) is 11.7 Å². The van der Waals surface area contributed by atoms with Gasteiger partial charge in [-0.15, -0.1) is 0 Å². The Kier molecular flexibility index (Phi) is 2.43. The number of carbonyl (C=O) groups excluding carboxylic acids is 1. The van der Waals surface area contributed by atoms with Crippen LogP contribution in [-0.4, -0.2) is 24.3 Å². The van der Waals surface area contributed by atoms with E-state index in [1.54, 1.807) is 12.2 Å². The van der Waals surface area contributed by atoms with Crippen LogP contribution in [0.4, 0.5) is 0 Å². The van der Waals surface area contributed by atoms with Gasteiger partial charge in [0, 0.05) is 6.61 Å². The van der Waals surface area contributed by atoms with Crippen LogP contribution < -0.4 is 0 Å². The standard InChI is InChI=1S/C11H11NO3/c1-2-14-10-9(7-12)11(15-10)5-3-8(13)4-6-11/h3-6,9-10H,2H2,1H3/t9-,10+/m0/s1. The first-order valence-corrected chi connectivity index (χ1v) is 4.83. The van der Waals surface area contributed by atoms with Crippen LogP contribution in [0.25, 0.3) is 0 Å². The number of ether oxygens (including phenoxy) is 2. The van der Waals surface area contributed by atoms with E-state index in [1.165, 1.54) is 12.2 Å². The SMILES string of the molecule is CCO[C@@H]1OC2(C=CC(=O)C=C2)[C@H]1C#N. The van der Waals surface area contributed by atoms with E-state index >= 15 is 0 Å². The molecule has 4 nitrogen and oxygen atoms in total. The van der Waals surface area contributed by atoms with E-state index in [9.17, 15) is 4.79 Å². The van der Waals surface area contributed by atoms with E-state index in [0.29, 0.717) is 6.61 Å². The number of hydrogen-bond donors (Lipinski definition) is 0. The predicted molar refractivity (Wildman–Crippen MR) is 51.6 cm³/mol. The molecule has 1 aliphatic heterocycles. The van der Waals surface area contributed by atoms with Gasteiger partial charge in [-0.05, 0) is 31.2 Å². The maximum absolute atomic E-state index is 10.9. The predicted octanol–water partition coefficient (Wildman–Crippen LogP) is 0.953. The highest BCUT2D eigenvalue weighted by Crippen LogP contribution is 2.42. The summed E-state index contributed by atoms with van der Waals surface area (Å²) in [5, 5.41) is 9.00. The second-order valence-corrected chi connectivity index (χ2v) is 3.47. The molecule has 1 heterocycles. The van der Waals surface area contributed by atoms with Crippen LogP contribution in [0.2, 0.25) is 0 Å². The van der Waals surface area contributed by atoms with Crippen molar-refractivity contribution in [2.45, 2.75) is 18.8 Å². The maximum Gasteiger partial charge on any atom is 0.178 e. The number of nitrogens with zero attached hydrogens (tertiary/aromatic N) is 1. The van der Waals surface area contributed by atoms with Gasteiger partial charge >= 0.3 is 0 Å². The molecule has 0 saturated carbocycles. The molecule has 0 aromatic heterocycles. The van der Waals surface area contributed by atoms with Crippen LogP contribution in [0, 0.1) is 17.2 Å². The molecule has 2 aliphatic rings. The van der Waals surface area contributed by atoms with Gasteiger partial charge in [0.1, 0.15) is 11.5 Å². The van der Waals surface area contributed by atoms with Gasteiger partial charge < -0.3 is 9.47 Å². The number of ketones is 1. The van der Waals surface area contributed by atoms with Crippen LogP contribution in [0.5, 0.6) is 0 Å². The lowest BCUT2D eigenvalue weighted by Gasteiger charge is -2.48. The Balaban J connectivity index is 2.14. The molecular formula is C11H11NO3. The van der Waals surface area contributed by atoms with Crippen LogP contribution in [-0.2, 0) is 14.3 Å². The smallest absolute Gasteiger partial charge is 0.178 e.